The summed E-state index contributed by atoms with van der Waals surface area (Å²) in [6, 6.07) is 0.292. The molecule has 0 aliphatic heterocycles. The van der Waals surface area contributed by atoms with Crippen LogP contribution in [0.4, 0.5) is 11.5 Å². The predicted octanol–water partition coefficient (Wildman–Crippen LogP) is 1.27. The largest absolute Gasteiger partial charge is 0.383 e. The van der Waals surface area contributed by atoms with Crippen LogP contribution in [0.3, 0.4) is 0 Å². The lowest BCUT2D eigenvalue weighted by molar-refractivity contribution is 0.604. The molecular formula is C13H22N4O2. The second-order valence-corrected chi connectivity index (χ2v) is 5.15. The van der Waals surface area contributed by atoms with Crippen LogP contribution in [-0.2, 0) is 6.54 Å². The van der Waals surface area contributed by atoms with Gasteiger partial charge in [-0.1, -0.05) is 26.2 Å². The second kappa shape index (κ2) is 5.95. The number of rotatable bonds is 5. The molecule has 0 radical (unpaired) electrons. The molecule has 0 amide bonds. The molecule has 6 nitrogen and oxygen atoms in total. The highest BCUT2D eigenvalue weighted by Gasteiger charge is 2.19. The number of H-pyrrole nitrogens is 1. The number of aromatic amines is 1. The molecule has 1 heterocycles. The van der Waals surface area contributed by atoms with Gasteiger partial charge in [0.15, 0.2) is 0 Å². The Hall–Kier alpha value is -1.72. The van der Waals surface area contributed by atoms with Crippen molar-refractivity contribution in [2.24, 2.45) is 0 Å². The van der Waals surface area contributed by atoms with Gasteiger partial charge in [0.1, 0.15) is 11.5 Å². The smallest absolute Gasteiger partial charge is 0.330 e. The summed E-state index contributed by atoms with van der Waals surface area (Å²) >= 11 is 0. The van der Waals surface area contributed by atoms with E-state index in [1.165, 1.54) is 17.4 Å². The summed E-state index contributed by atoms with van der Waals surface area (Å²) in [5.41, 5.74) is 5.50. The Bertz CT molecular complexity index is 541. The van der Waals surface area contributed by atoms with E-state index < -0.39 is 11.2 Å². The summed E-state index contributed by atoms with van der Waals surface area (Å²) in [6.07, 6.45) is 6.27. The van der Waals surface area contributed by atoms with Gasteiger partial charge in [-0.25, -0.2) is 4.79 Å². The van der Waals surface area contributed by atoms with Crippen molar-refractivity contribution in [1.29, 1.82) is 0 Å². The summed E-state index contributed by atoms with van der Waals surface area (Å²) in [7, 11) is 0. The number of aromatic nitrogens is 2. The van der Waals surface area contributed by atoms with E-state index in [0.29, 0.717) is 18.3 Å². The van der Waals surface area contributed by atoms with Gasteiger partial charge >= 0.3 is 5.69 Å². The Labute approximate surface area is 112 Å². The Morgan fingerprint density at radius 3 is 2.68 bits per heavy atom. The third-order valence-corrected chi connectivity index (χ3v) is 3.68. The standard InChI is InChI=1S/C13H22N4O2/c1-2-3-8-17-11(14)10(12(18)16-13(17)19)15-9-6-4-5-7-9/h9,15H,2-8,14H2,1H3,(H,16,18,19). The molecule has 0 bridgehead atoms. The number of hydrogen-bond donors (Lipinski definition) is 3. The minimum atomic E-state index is -0.423. The molecular weight excluding hydrogens is 244 g/mol. The Kier molecular flexibility index (Phi) is 4.29. The lowest BCUT2D eigenvalue weighted by Gasteiger charge is -2.17. The van der Waals surface area contributed by atoms with Gasteiger partial charge in [0, 0.05) is 12.6 Å². The molecule has 1 fully saturated rings. The van der Waals surface area contributed by atoms with Crippen LogP contribution in [-0.4, -0.2) is 15.6 Å². The van der Waals surface area contributed by atoms with Gasteiger partial charge in [-0.3, -0.25) is 14.3 Å². The third-order valence-electron chi connectivity index (χ3n) is 3.68. The molecule has 1 aromatic heterocycles. The maximum Gasteiger partial charge on any atom is 0.330 e. The first-order valence-electron chi connectivity index (χ1n) is 7.02. The fourth-order valence-electron chi connectivity index (χ4n) is 2.54. The van der Waals surface area contributed by atoms with Crippen LogP contribution in [0.2, 0.25) is 0 Å². The van der Waals surface area contributed by atoms with Crippen molar-refractivity contribution >= 4 is 11.5 Å². The number of nitrogen functional groups attached to an aromatic ring is 1. The first-order valence-corrected chi connectivity index (χ1v) is 7.02. The van der Waals surface area contributed by atoms with Crippen LogP contribution < -0.4 is 22.3 Å². The summed E-state index contributed by atoms with van der Waals surface area (Å²) in [4.78, 5) is 26.0. The van der Waals surface area contributed by atoms with Crippen LogP contribution in [0, 0.1) is 0 Å². The van der Waals surface area contributed by atoms with E-state index >= 15 is 0 Å². The van der Waals surface area contributed by atoms with Gasteiger partial charge in [-0.15, -0.1) is 0 Å². The molecule has 0 unspecified atom stereocenters. The van der Waals surface area contributed by atoms with Crippen molar-refractivity contribution in [2.75, 3.05) is 11.1 Å². The molecule has 4 N–H and O–H groups in total. The van der Waals surface area contributed by atoms with Gasteiger partial charge in [-0.2, -0.15) is 0 Å². The van der Waals surface area contributed by atoms with E-state index in [4.69, 9.17) is 5.73 Å². The highest BCUT2D eigenvalue weighted by Crippen LogP contribution is 2.22. The fraction of sp³-hybridized carbons (Fsp3) is 0.692. The molecule has 1 aromatic rings. The van der Waals surface area contributed by atoms with Gasteiger partial charge in [0.05, 0.1) is 0 Å². The number of unbranched alkanes of at least 4 members (excludes halogenated alkanes) is 1. The van der Waals surface area contributed by atoms with Crippen LogP contribution in [0.15, 0.2) is 9.59 Å². The van der Waals surface area contributed by atoms with Crippen molar-refractivity contribution in [2.45, 2.75) is 58.0 Å². The zero-order valence-electron chi connectivity index (χ0n) is 11.4. The molecule has 6 heteroatoms. The minimum absolute atomic E-state index is 0.258. The topological polar surface area (TPSA) is 92.9 Å². The summed E-state index contributed by atoms with van der Waals surface area (Å²) < 4.78 is 1.45. The summed E-state index contributed by atoms with van der Waals surface area (Å²) in [5, 5.41) is 3.19. The number of nitrogens with one attached hydrogen (secondary N) is 2. The molecule has 0 atom stereocenters. The Morgan fingerprint density at radius 1 is 1.37 bits per heavy atom. The van der Waals surface area contributed by atoms with E-state index in [1.807, 2.05) is 6.92 Å². The molecule has 0 saturated heterocycles. The molecule has 2 rings (SSSR count). The maximum atomic E-state index is 11.9. The molecule has 1 aliphatic carbocycles. The zero-order valence-corrected chi connectivity index (χ0v) is 11.4. The lowest BCUT2D eigenvalue weighted by Crippen LogP contribution is -2.35. The minimum Gasteiger partial charge on any atom is -0.383 e. The number of anilines is 2. The van der Waals surface area contributed by atoms with Crippen molar-refractivity contribution in [1.82, 2.24) is 9.55 Å². The van der Waals surface area contributed by atoms with Crippen LogP contribution in [0.5, 0.6) is 0 Å². The van der Waals surface area contributed by atoms with Crippen molar-refractivity contribution in [3.05, 3.63) is 20.8 Å². The zero-order chi connectivity index (χ0) is 13.8. The van der Waals surface area contributed by atoms with E-state index in [1.54, 1.807) is 0 Å². The van der Waals surface area contributed by atoms with Crippen molar-refractivity contribution in [3.8, 4) is 0 Å². The lowest BCUT2D eigenvalue weighted by atomic mass is 10.2. The quantitative estimate of drug-likeness (QED) is 0.748. The van der Waals surface area contributed by atoms with Crippen molar-refractivity contribution in [3.63, 3.8) is 0 Å². The average molecular weight is 266 g/mol. The Morgan fingerprint density at radius 2 is 2.05 bits per heavy atom. The first kappa shape index (κ1) is 13.7. The van der Waals surface area contributed by atoms with Gasteiger partial charge in [0.25, 0.3) is 5.56 Å². The molecule has 1 aliphatic rings. The predicted molar refractivity (Wildman–Crippen MR) is 76.5 cm³/mol. The van der Waals surface area contributed by atoms with Gasteiger partial charge in [0.2, 0.25) is 0 Å². The number of nitrogens with zero attached hydrogens (tertiary/aromatic N) is 1. The Balaban J connectivity index is 2.30. The van der Waals surface area contributed by atoms with E-state index in [-0.39, 0.29) is 5.82 Å². The molecule has 0 aromatic carbocycles. The molecule has 19 heavy (non-hydrogen) atoms. The SMILES string of the molecule is CCCCn1c(N)c(NC2CCCC2)c(=O)[nH]c1=O. The van der Waals surface area contributed by atoms with E-state index in [0.717, 1.165) is 25.7 Å². The molecule has 0 spiro atoms. The van der Waals surface area contributed by atoms with Crippen LogP contribution in [0.1, 0.15) is 45.4 Å². The number of hydrogen-bond acceptors (Lipinski definition) is 4. The van der Waals surface area contributed by atoms with E-state index in [2.05, 4.69) is 10.3 Å². The maximum absolute atomic E-state index is 11.9. The fourth-order valence-corrected chi connectivity index (χ4v) is 2.54. The molecule has 106 valence electrons. The highest BCUT2D eigenvalue weighted by atomic mass is 16.2. The highest BCUT2D eigenvalue weighted by molar-refractivity contribution is 5.60. The third kappa shape index (κ3) is 3.00. The van der Waals surface area contributed by atoms with Gasteiger partial charge < -0.3 is 11.1 Å². The number of nitrogens with two attached hydrogens (primary N) is 1. The van der Waals surface area contributed by atoms with Gasteiger partial charge in [-0.05, 0) is 19.3 Å². The van der Waals surface area contributed by atoms with Crippen LogP contribution in [0.25, 0.3) is 0 Å². The van der Waals surface area contributed by atoms with Crippen molar-refractivity contribution < 1.29 is 0 Å². The normalized spacial score (nSPS) is 15.8. The second-order valence-electron chi connectivity index (χ2n) is 5.15. The first-order chi connectivity index (χ1) is 9.13. The molecule has 1 saturated carbocycles. The van der Waals surface area contributed by atoms with E-state index in [9.17, 15) is 9.59 Å². The summed E-state index contributed by atoms with van der Waals surface area (Å²) in [5.74, 6) is 0.258. The van der Waals surface area contributed by atoms with Crippen LogP contribution >= 0.6 is 0 Å². The summed E-state index contributed by atoms with van der Waals surface area (Å²) in [6.45, 7) is 2.59. The monoisotopic (exact) mass is 266 g/mol. The average Bonchev–Trinajstić information content (AvgIpc) is 2.87.